The molecule has 3 rings (SSSR count). The Balaban J connectivity index is 1.85. The molecule has 0 unspecified atom stereocenters. The molecular weight excluding hydrogens is 478 g/mol. The maximum Gasteiger partial charge on any atom is 0.243 e. The number of sulfonamides is 1. The highest BCUT2D eigenvalue weighted by Gasteiger charge is 2.24. The highest BCUT2D eigenvalue weighted by atomic mass is 32.2. The second kappa shape index (κ2) is 12.3. The minimum Gasteiger partial charge on any atom is -0.347 e. The maximum absolute atomic E-state index is 13.3. The van der Waals surface area contributed by atoms with Gasteiger partial charge in [0, 0.05) is 48.0 Å². The quantitative estimate of drug-likeness (QED) is 0.205. The van der Waals surface area contributed by atoms with Crippen molar-refractivity contribution in [2.24, 2.45) is 5.10 Å². The van der Waals surface area contributed by atoms with Crippen LogP contribution in [0.2, 0.25) is 0 Å². The third kappa shape index (κ3) is 6.48. The molecule has 3 aromatic rings. The Morgan fingerprint density at radius 2 is 1.83 bits per heavy atom. The van der Waals surface area contributed by atoms with Crippen molar-refractivity contribution in [1.82, 2.24) is 14.3 Å². The van der Waals surface area contributed by atoms with E-state index in [1.165, 1.54) is 5.56 Å². The van der Waals surface area contributed by atoms with E-state index in [2.05, 4.69) is 46.4 Å². The first-order valence-electron chi connectivity index (χ1n) is 12.2. The molecule has 1 heterocycles. The number of aryl methyl sites for hydroxylation is 2. The van der Waals surface area contributed by atoms with Gasteiger partial charge >= 0.3 is 0 Å². The second-order valence-electron chi connectivity index (χ2n) is 8.33. The number of thiocarbonyl (C=S) groups is 1. The Morgan fingerprint density at radius 1 is 1.09 bits per heavy atom. The van der Waals surface area contributed by atoms with Crippen LogP contribution in [-0.4, -0.2) is 41.7 Å². The van der Waals surface area contributed by atoms with Crippen LogP contribution in [0.25, 0.3) is 10.9 Å². The van der Waals surface area contributed by atoms with Gasteiger partial charge in [-0.25, -0.2) is 8.42 Å². The van der Waals surface area contributed by atoms with Crippen molar-refractivity contribution in [2.45, 2.75) is 58.4 Å². The highest BCUT2D eigenvalue weighted by Crippen LogP contribution is 2.26. The molecule has 0 saturated carbocycles. The SMILES string of the molecule is CCCN(CCC)S(=O)(=O)c1ccc2c(c1)c(/C=N\NC(=S)Nc1cccc(CC)c1)cn2CC. The first-order valence-corrected chi connectivity index (χ1v) is 14.0. The van der Waals surface area contributed by atoms with Gasteiger partial charge in [-0.1, -0.05) is 32.9 Å². The van der Waals surface area contributed by atoms with Gasteiger partial charge in [-0.15, -0.1) is 0 Å². The predicted octanol–water partition coefficient (Wildman–Crippen LogP) is 5.35. The first kappa shape index (κ1) is 26.8. The molecule has 35 heavy (non-hydrogen) atoms. The zero-order chi connectivity index (χ0) is 25.4. The van der Waals surface area contributed by atoms with Crippen LogP contribution in [0.15, 0.2) is 58.7 Å². The van der Waals surface area contributed by atoms with Crippen LogP contribution in [0.3, 0.4) is 0 Å². The molecule has 0 spiro atoms. The molecule has 188 valence electrons. The molecule has 2 N–H and O–H groups in total. The number of hydrazone groups is 1. The van der Waals surface area contributed by atoms with E-state index in [1.807, 2.05) is 38.2 Å². The summed E-state index contributed by atoms with van der Waals surface area (Å²) in [5, 5.41) is 8.67. The minimum absolute atomic E-state index is 0.302. The Labute approximate surface area is 214 Å². The van der Waals surface area contributed by atoms with E-state index in [4.69, 9.17) is 12.2 Å². The van der Waals surface area contributed by atoms with Crippen LogP contribution < -0.4 is 10.7 Å². The molecule has 7 nitrogen and oxygen atoms in total. The molecule has 2 aromatic carbocycles. The topological polar surface area (TPSA) is 78.7 Å². The van der Waals surface area contributed by atoms with E-state index < -0.39 is 10.0 Å². The van der Waals surface area contributed by atoms with Crippen molar-refractivity contribution in [3.8, 4) is 0 Å². The van der Waals surface area contributed by atoms with Gasteiger partial charge in [0.2, 0.25) is 10.0 Å². The van der Waals surface area contributed by atoms with Crippen molar-refractivity contribution in [1.29, 1.82) is 0 Å². The van der Waals surface area contributed by atoms with Crippen LogP contribution in [0.1, 0.15) is 51.7 Å². The van der Waals surface area contributed by atoms with Crippen molar-refractivity contribution >= 4 is 50.2 Å². The van der Waals surface area contributed by atoms with Crippen LogP contribution in [0.5, 0.6) is 0 Å². The van der Waals surface area contributed by atoms with Crippen LogP contribution in [0.4, 0.5) is 5.69 Å². The van der Waals surface area contributed by atoms with Crippen LogP contribution in [-0.2, 0) is 23.0 Å². The zero-order valence-corrected chi connectivity index (χ0v) is 22.5. The first-order chi connectivity index (χ1) is 16.8. The summed E-state index contributed by atoms with van der Waals surface area (Å²) in [6.45, 7) is 9.91. The Bertz CT molecular complexity index is 1290. The van der Waals surface area contributed by atoms with Crippen molar-refractivity contribution in [2.75, 3.05) is 18.4 Å². The fourth-order valence-corrected chi connectivity index (χ4v) is 5.84. The monoisotopic (exact) mass is 513 g/mol. The lowest BCUT2D eigenvalue weighted by Gasteiger charge is -2.21. The summed E-state index contributed by atoms with van der Waals surface area (Å²) < 4.78 is 30.3. The summed E-state index contributed by atoms with van der Waals surface area (Å²) in [6, 6.07) is 13.4. The lowest BCUT2D eigenvalue weighted by atomic mass is 10.1. The number of nitrogens with one attached hydrogen (secondary N) is 2. The molecule has 0 aliphatic rings. The summed E-state index contributed by atoms with van der Waals surface area (Å²) in [4.78, 5) is 0.302. The maximum atomic E-state index is 13.3. The third-order valence-corrected chi connectivity index (χ3v) is 7.86. The fourth-order valence-electron chi connectivity index (χ4n) is 4.02. The van der Waals surface area contributed by atoms with E-state index in [0.29, 0.717) is 23.1 Å². The van der Waals surface area contributed by atoms with Crippen molar-refractivity contribution in [3.05, 3.63) is 59.8 Å². The Kier molecular flexibility index (Phi) is 9.42. The summed E-state index contributed by atoms with van der Waals surface area (Å²) in [5.74, 6) is 0. The summed E-state index contributed by atoms with van der Waals surface area (Å²) in [7, 11) is -3.57. The van der Waals surface area contributed by atoms with E-state index >= 15 is 0 Å². The molecule has 0 fully saturated rings. The van der Waals surface area contributed by atoms with Crippen LogP contribution >= 0.6 is 12.2 Å². The van der Waals surface area contributed by atoms with Crippen LogP contribution in [0, 0.1) is 0 Å². The molecule has 0 aliphatic heterocycles. The van der Waals surface area contributed by atoms with Gasteiger partial charge in [0.1, 0.15) is 0 Å². The number of anilines is 1. The van der Waals surface area contributed by atoms with Gasteiger partial charge < -0.3 is 9.88 Å². The average molecular weight is 514 g/mol. The molecule has 0 aliphatic carbocycles. The number of hydrogen-bond acceptors (Lipinski definition) is 4. The molecule has 0 bridgehead atoms. The average Bonchev–Trinajstić information content (AvgIpc) is 3.21. The molecule has 0 amide bonds. The molecule has 1 aromatic heterocycles. The number of rotatable bonds is 11. The third-order valence-electron chi connectivity index (χ3n) is 5.77. The normalized spacial score (nSPS) is 12.0. The van der Waals surface area contributed by atoms with E-state index in [9.17, 15) is 8.42 Å². The smallest absolute Gasteiger partial charge is 0.243 e. The molecule has 0 atom stereocenters. The largest absolute Gasteiger partial charge is 0.347 e. The van der Waals surface area contributed by atoms with Gasteiger partial charge in [-0.3, -0.25) is 5.43 Å². The summed E-state index contributed by atoms with van der Waals surface area (Å²) in [5.41, 5.74) is 6.76. The van der Waals surface area contributed by atoms with Gasteiger partial charge in [-0.2, -0.15) is 9.41 Å². The highest BCUT2D eigenvalue weighted by molar-refractivity contribution is 7.89. The van der Waals surface area contributed by atoms with Crippen molar-refractivity contribution in [3.63, 3.8) is 0 Å². The fraction of sp³-hybridized carbons (Fsp3) is 0.385. The lowest BCUT2D eigenvalue weighted by molar-refractivity contribution is 0.410. The zero-order valence-electron chi connectivity index (χ0n) is 20.9. The summed E-state index contributed by atoms with van der Waals surface area (Å²) >= 11 is 5.38. The lowest BCUT2D eigenvalue weighted by Crippen LogP contribution is -2.32. The molecule has 0 radical (unpaired) electrons. The Hall–Kier alpha value is -2.75. The second-order valence-corrected chi connectivity index (χ2v) is 10.7. The molecular formula is C26H35N5O2S2. The standard InChI is InChI=1S/C26H35N5O2S2/c1-5-14-31(15-6-2)35(32,33)23-12-13-25-24(17-23)21(19-30(25)8-4)18-27-29-26(34)28-22-11-9-10-20(7-3)16-22/h9-13,16-19H,5-8,14-15H2,1-4H3,(H2,28,29,34)/b27-18-. The number of hydrogen-bond donors (Lipinski definition) is 2. The number of fused-ring (bicyclic) bond motifs is 1. The van der Waals surface area contributed by atoms with E-state index in [-0.39, 0.29) is 0 Å². The van der Waals surface area contributed by atoms with Gasteiger partial charge in [0.15, 0.2) is 5.11 Å². The number of nitrogens with zero attached hydrogens (tertiary/aromatic N) is 3. The molecule has 0 saturated heterocycles. The minimum atomic E-state index is -3.57. The Morgan fingerprint density at radius 3 is 2.49 bits per heavy atom. The van der Waals surface area contributed by atoms with E-state index in [0.717, 1.165) is 48.0 Å². The number of aromatic nitrogens is 1. The number of benzene rings is 2. The predicted molar refractivity (Wildman–Crippen MR) is 150 cm³/mol. The van der Waals surface area contributed by atoms with Gasteiger partial charge in [0.25, 0.3) is 0 Å². The summed E-state index contributed by atoms with van der Waals surface area (Å²) in [6.07, 6.45) is 6.14. The molecule has 9 heteroatoms. The van der Waals surface area contributed by atoms with E-state index in [1.54, 1.807) is 22.7 Å². The van der Waals surface area contributed by atoms with Gasteiger partial charge in [-0.05, 0) is 74.3 Å². The van der Waals surface area contributed by atoms with Crippen molar-refractivity contribution < 1.29 is 8.42 Å². The van der Waals surface area contributed by atoms with Gasteiger partial charge in [0.05, 0.1) is 11.1 Å².